The Balaban J connectivity index is 1.56. The molecule has 4 aromatic rings. The average Bonchev–Trinajstić information content (AvgIpc) is 2.83. The predicted octanol–water partition coefficient (Wildman–Crippen LogP) is 4.57. The second kappa shape index (κ2) is 9.58. The number of methoxy groups -OCH3 is 1. The summed E-state index contributed by atoms with van der Waals surface area (Å²) in [7, 11) is 1.55. The number of ether oxygens (including phenoxy) is 1. The highest BCUT2D eigenvalue weighted by Crippen LogP contribution is 2.19. The van der Waals surface area contributed by atoms with E-state index in [0.717, 1.165) is 5.56 Å². The van der Waals surface area contributed by atoms with Crippen molar-refractivity contribution in [3.05, 3.63) is 104 Å². The molecule has 0 bridgehead atoms. The van der Waals surface area contributed by atoms with Crippen molar-refractivity contribution in [2.75, 3.05) is 7.11 Å². The van der Waals surface area contributed by atoms with Crippen LogP contribution in [0.1, 0.15) is 27.2 Å². The van der Waals surface area contributed by atoms with E-state index < -0.39 is 5.56 Å². The van der Waals surface area contributed by atoms with E-state index in [0.29, 0.717) is 32.9 Å². The lowest BCUT2D eigenvalue weighted by Crippen LogP contribution is -2.23. The molecule has 0 aliphatic rings. The van der Waals surface area contributed by atoms with Gasteiger partial charge in [0.15, 0.2) is 0 Å². The number of fused-ring (bicyclic) bond motifs is 1. The fourth-order valence-corrected chi connectivity index (χ4v) is 3.44. The third kappa shape index (κ3) is 5.05. The monoisotopic (exact) mass is 461 g/mol. The number of carbonyl (C=O) groups excluding carboxylic acids is 1. The van der Waals surface area contributed by atoms with Gasteiger partial charge < -0.3 is 20.1 Å². The van der Waals surface area contributed by atoms with Gasteiger partial charge in [-0.15, -0.1) is 0 Å². The molecule has 3 N–H and O–H groups in total. The summed E-state index contributed by atoms with van der Waals surface area (Å²) in [5.41, 5.74) is 2.14. The van der Waals surface area contributed by atoms with Gasteiger partial charge in [0.05, 0.1) is 18.1 Å². The maximum Gasteiger partial charge on any atom is 0.274 e. The zero-order chi connectivity index (χ0) is 23.4. The van der Waals surface area contributed by atoms with Crippen LogP contribution in [0.3, 0.4) is 0 Å². The second-order valence-electron chi connectivity index (χ2n) is 7.22. The van der Waals surface area contributed by atoms with Crippen LogP contribution < -0.4 is 15.6 Å². The number of hydrogen-bond acceptors (Lipinski definition) is 5. The highest BCUT2D eigenvalue weighted by molar-refractivity contribution is 6.31. The molecular formula is C25H20ClN3O4. The first kappa shape index (κ1) is 22.1. The van der Waals surface area contributed by atoms with E-state index in [1.54, 1.807) is 55.6 Å². The summed E-state index contributed by atoms with van der Waals surface area (Å²) >= 11 is 6.13. The molecule has 0 saturated heterocycles. The minimum absolute atomic E-state index is 0.0479. The number of aromatic amines is 1. The molecule has 0 fully saturated rings. The van der Waals surface area contributed by atoms with E-state index in [1.807, 2.05) is 18.2 Å². The molecular weight excluding hydrogens is 442 g/mol. The number of nitrogens with one attached hydrogen (secondary N) is 2. The normalized spacial score (nSPS) is 11.4. The predicted molar refractivity (Wildman–Crippen MR) is 128 cm³/mol. The quantitative estimate of drug-likeness (QED) is 0.365. The van der Waals surface area contributed by atoms with Crippen LogP contribution >= 0.6 is 11.6 Å². The van der Waals surface area contributed by atoms with Crippen molar-refractivity contribution >= 4 is 40.4 Å². The second-order valence-corrected chi connectivity index (χ2v) is 7.62. The van der Waals surface area contributed by atoms with Crippen molar-refractivity contribution in [1.29, 1.82) is 0 Å². The summed E-state index contributed by atoms with van der Waals surface area (Å²) in [5.74, 6) is 0.240. The lowest BCUT2D eigenvalue weighted by atomic mass is 10.1. The van der Waals surface area contributed by atoms with Crippen LogP contribution in [0.5, 0.6) is 5.75 Å². The molecule has 0 aliphatic carbocycles. The topological polar surface area (TPSA) is 104 Å². The number of amides is 1. The molecule has 4 rings (SSSR count). The number of H-pyrrole nitrogens is 1. The molecule has 0 saturated carbocycles. The van der Waals surface area contributed by atoms with Crippen LogP contribution in [0.15, 0.2) is 71.5 Å². The molecule has 0 spiro atoms. The smallest absolute Gasteiger partial charge is 0.274 e. The van der Waals surface area contributed by atoms with Gasteiger partial charge in [0, 0.05) is 28.8 Å². The molecule has 0 atom stereocenters. The summed E-state index contributed by atoms with van der Waals surface area (Å²) < 4.78 is 5.10. The number of aliphatic hydroxyl groups is 1. The fourth-order valence-electron chi connectivity index (χ4n) is 3.23. The summed E-state index contributed by atoms with van der Waals surface area (Å²) in [6.45, 7) is 0.277. The van der Waals surface area contributed by atoms with Gasteiger partial charge in [-0.2, -0.15) is 0 Å². The van der Waals surface area contributed by atoms with Crippen molar-refractivity contribution in [2.45, 2.75) is 6.54 Å². The Kier molecular flexibility index (Phi) is 6.42. The Bertz CT molecular complexity index is 1410. The van der Waals surface area contributed by atoms with Gasteiger partial charge in [-0.25, -0.2) is 4.98 Å². The van der Waals surface area contributed by atoms with Crippen molar-refractivity contribution in [3.8, 4) is 5.75 Å². The molecule has 1 heterocycles. The zero-order valence-corrected chi connectivity index (χ0v) is 18.4. The minimum atomic E-state index is -0.490. The van der Waals surface area contributed by atoms with Crippen LogP contribution in [0.4, 0.5) is 0 Å². The number of aliphatic hydroxyl groups excluding tert-OH is 1. The van der Waals surface area contributed by atoms with Crippen LogP contribution in [0, 0.1) is 0 Å². The van der Waals surface area contributed by atoms with E-state index in [2.05, 4.69) is 15.3 Å². The Labute approximate surface area is 194 Å². The molecule has 0 aliphatic heterocycles. The lowest BCUT2D eigenvalue weighted by Gasteiger charge is -2.08. The number of hydrogen-bond donors (Lipinski definition) is 3. The van der Waals surface area contributed by atoms with Gasteiger partial charge in [0.2, 0.25) is 0 Å². The molecule has 3 aromatic carbocycles. The van der Waals surface area contributed by atoms with Crippen LogP contribution in [0.2, 0.25) is 5.02 Å². The van der Waals surface area contributed by atoms with E-state index in [4.69, 9.17) is 16.3 Å². The number of halogens is 1. The molecule has 0 unspecified atom stereocenters. The zero-order valence-electron chi connectivity index (χ0n) is 17.6. The lowest BCUT2D eigenvalue weighted by molar-refractivity contribution is 0.0951. The van der Waals surface area contributed by atoms with Crippen LogP contribution in [-0.2, 0) is 6.54 Å². The van der Waals surface area contributed by atoms with E-state index in [1.165, 1.54) is 6.08 Å². The number of rotatable bonds is 6. The number of nitrogens with zero attached hydrogens (tertiary/aromatic N) is 1. The Morgan fingerprint density at radius 3 is 2.58 bits per heavy atom. The average molecular weight is 462 g/mol. The first-order valence-electron chi connectivity index (χ1n) is 10.1. The largest absolute Gasteiger partial charge is 0.507 e. The van der Waals surface area contributed by atoms with Crippen LogP contribution in [-0.4, -0.2) is 28.1 Å². The standard InChI is InChI=1S/C25H20ClN3O4/c1-33-18-9-6-15(7-10-18)23(30)13-22-25(32)29-21-12-16(8-11-20(21)28-22)24(31)27-14-17-4-2-3-5-19(17)26/h2-13,30H,14H2,1H3,(H,27,31)(H,29,32). The van der Waals surface area contributed by atoms with Crippen molar-refractivity contribution in [1.82, 2.24) is 15.3 Å². The Hall–Kier alpha value is -4.10. The van der Waals surface area contributed by atoms with Crippen molar-refractivity contribution in [3.63, 3.8) is 0 Å². The maximum atomic E-state index is 12.6. The van der Waals surface area contributed by atoms with Gasteiger partial charge in [-0.05, 0) is 54.1 Å². The SMILES string of the molecule is COc1ccc(C(O)=Cc2nc3ccc(C(=O)NCc4ccccc4Cl)cc3[nH]c2=O)cc1. The van der Waals surface area contributed by atoms with Crippen molar-refractivity contribution < 1.29 is 14.6 Å². The summed E-state index contributed by atoms with van der Waals surface area (Å²) in [4.78, 5) is 32.1. The molecule has 0 radical (unpaired) electrons. The molecule has 1 aromatic heterocycles. The van der Waals surface area contributed by atoms with Crippen LogP contribution in [0.25, 0.3) is 22.9 Å². The van der Waals surface area contributed by atoms with Gasteiger partial charge in [0.25, 0.3) is 11.5 Å². The highest BCUT2D eigenvalue weighted by atomic mass is 35.5. The van der Waals surface area contributed by atoms with Gasteiger partial charge in [0.1, 0.15) is 17.2 Å². The Morgan fingerprint density at radius 2 is 1.85 bits per heavy atom. The maximum absolute atomic E-state index is 12.6. The Morgan fingerprint density at radius 1 is 1.12 bits per heavy atom. The molecule has 8 heteroatoms. The number of aromatic nitrogens is 2. The van der Waals surface area contributed by atoms with E-state index in [9.17, 15) is 14.7 Å². The first-order chi connectivity index (χ1) is 15.9. The van der Waals surface area contributed by atoms with E-state index in [-0.39, 0.29) is 23.9 Å². The minimum Gasteiger partial charge on any atom is -0.507 e. The first-order valence-corrected chi connectivity index (χ1v) is 10.4. The van der Waals surface area contributed by atoms with Gasteiger partial charge >= 0.3 is 0 Å². The molecule has 33 heavy (non-hydrogen) atoms. The number of carbonyl (C=O) groups is 1. The highest BCUT2D eigenvalue weighted by Gasteiger charge is 2.11. The third-order valence-corrected chi connectivity index (χ3v) is 5.41. The van der Waals surface area contributed by atoms with Gasteiger partial charge in [-0.1, -0.05) is 29.8 Å². The van der Waals surface area contributed by atoms with Crippen molar-refractivity contribution in [2.24, 2.45) is 0 Å². The summed E-state index contributed by atoms with van der Waals surface area (Å²) in [6, 6.07) is 18.8. The number of benzene rings is 3. The molecule has 1 amide bonds. The molecule has 7 nitrogen and oxygen atoms in total. The molecule has 166 valence electrons. The van der Waals surface area contributed by atoms with E-state index >= 15 is 0 Å². The summed E-state index contributed by atoms with van der Waals surface area (Å²) in [6.07, 6.45) is 1.30. The fraction of sp³-hybridized carbons (Fsp3) is 0.0800. The van der Waals surface area contributed by atoms with Gasteiger partial charge in [-0.3, -0.25) is 9.59 Å². The third-order valence-electron chi connectivity index (χ3n) is 5.04. The summed E-state index contributed by atoms with van der Waals surface area (Å²) in [5, 5.41) is 13.8.